The molecule has 3 nitrogen and oxygen atoms in total. The van der Waals surface area contributed by atoms with Crippen molar-refractivity contribution in [3.8, 4) is 0 Å². The Labute approximate surface area is 79.9 Å². The molecule has 0 fully saturated rings. The first-order valence-electron chi connectivity index (χ1n) is 4.13. The fourth-order valence-electron chi connectivity index (χ4n) is 0.871. The van der Waals surface area contributed by atoms with Crippen LogP contribution in [0.15, 0.2) is 0 Å². The molecule has 0 bridgehead atoms. The maximum Gasteiger partial charge on any atom is 0.0802 e. The second-order valence-electron chi connectivity index (χ2n) is 3.37. The Morgan fingerprint density at radius 3 is 2.25 bits per heavy atom. The Morgan fingerprint density at radius 2 is 1.83 bits per heavy atom. The van der Waals surface area contributed by atoms with Crippen molar-refractivity contribution >= 4 is 11.6 Å². The minimum atomic E-state index is -0.404. The third-order valence-corrected chi connectivity index (χ3v) is 1.99. The fourth-order valence-corrected chi connectivity index (χ4v) is 0.968. The second kappa shape index (κ2) is 6.66. The Balaban J connectivity index is 3.39. The molecule has 0 aliphatic rings. The van der Waals surface area contributed by atoms with E-state index in [1.165, 1.54) is 0 Å². The Kier molecular flexibility index (Phi) is 6.76. The third-order valence-electron chi connectivity index (χ3n) is 1.63. The van der Waals surface area contributed by atoms with Gasteiger partial charge in [0.25, 0.3) is 0 Å². The summed E-state index contributed by atoms with van der Waals surface area (Å²) in [7, 11) is 6.05. The summed E-state index contributed by atoms with van der Waals surface area (Å²) >= 11 is 5.47. The average Bonchev–Trinajstić information content (AvgIpc) is 2.00. The number of aliphatic hydroxyl groups is 1. The van der Waals surface area contributed by atoms with Crippen LogP contribution >= 0.6 is 11.6 Å². The van der Waals surface area contributed by atoms with E-state index < -0.39 is 6.10 Å². The van der Waals surface area contributed by atoms with Crippen LogP contribution in [0.4, 0.5) is 0 Å². The van der Waals surface area contributed by atoms with Crippen LogP contribution in [0.2, 0.25) is 0 Å². The lowest BCUT2D eigenvalue weighted by atomic mass is 10.3. The summed E-state index contributed by atoms with van der Waals surface area (Å²) in [6, 6.07) is 0. The molecule has 0 aromatic carbocycles. The van der Waals surface area contributed by atoms with Crippen molar-refractivity contribution in [1.82, 2.24) is 9.80 Å². The number of likely N-dealkylation sites (N-methyl/N-ethyl adjacent to an activating group) is 2. The maximum atomic E-state index is 9.21. The molecule has 0 aliphatic carbocycles. The molecule has 0 amide bonds. The number of aliphatic hydroxyl groups excluding tert-OH is 1. The highest BCUT2D eigenvalue weighted by Crippen LogP contribution is 1.92. The van der Waals surface area contributed by atoms with Crippen LogP contribution in [0.3, 0.4) is 0 Å². The van der Waals surface area contributed by atoms with Gasteiger partial charge < -0.3 is 14.9 Å². The zero-order chi connectivity index (χ0) is 9.56. The Morgan fingerprint density at radius 1 is 1.25 bits per heavy atom. The number of hydrogen-bond acceptors (Lipinski definition) is 3. The standard InChI is InChI=1S/C8H19ClN2O/c1-10(2)4-5-11(3)7-8(12)6-9/h8,12H,4-7H2,1-3H3. The highest BCUT2D eigenvalue weighted by Gasteiger charge is 2.06. The molecule has 0 saturated heterocycles. The molecule has 12 heavy (non-hydrogen) atoms. The molecule has 0 heterocycles. The van der Waals surface area contributed by atoms with Gasteiger partial charge in [0, 0.05) is 25.5 Å². The van der Waals surface area contributed by atoms with Gasteiger partial charge in [-0.2, -0.15) is 0 Å². The molecule has 0 aromatic rings. The van der Waals surface area contributed by atoms with Gasteiger partial charge in [0.15, 0.2) is 0 Å². The van der Waals surface area contributed by atoms with Crippen molar-refractivity contribution < 1.29 is 5.11 Å². The van der Waals surface area contributed by atoms with E-state index in [1.54, 1.807) is 0 Å². The van der Waals surface area contributed by atoms with Crippen LogP contribution in [0.5, 0.6) is 0 Å². The van der Waals surface area contributed by atoms with Gasteiger partial charge in [-0.15, -0.1) is 11.6 Å². The molecule has 1 unspecified atom stereocenters. The van der Waals surface area contributed by atoms with Gasteiger partial charge in [0.2, 0.25) is 0 Å². The van der Waals surface area contributed by atoms with Crippen molar-refractivity contribution in [1.29, 1.82) is 0 Å². The summed E-state index contributed by atoms with van der Waals surface area (Å²) in [6.45, 7) is 2.61. The van der Waals surface area contributed by atoms with Crippen molar-refractivity contribution in [3.05, 3.63) is 0 Å². The largest absolute Gasteiger partial charge is 0.391 e. The zero-order valence-corrected chi connectivity index (χ0v) is 8.88. The molecule has 0 spiro atoms. The Hall–Kier alpha value is 0.170. The first-order chi connectivity index (χ1) is 5.56. The lowest BCUT2D eigenvalue weighted by Gasteiger charge is -2.21. The van der Waals surface area contributed by atoms with Crippen LogP contribution in [-0.4, -0.2) is 67.7 Å². The zero-order valence-electron chi connectivity index (χ0n) is 8.13. The van der Waals surface area contributed by atoms with Crippen LogP contribution in [0, 0.1) is 0 Å². The van der Waals surface area contributed by atoms with E-state index >= 15 is 0 Å². The molecule has 0 aliphatic heterocycles. The second-order valence-corrected chi connectivity index (χ2v) is 3.68. The molecule has 0 aromatic heterocycles. The number of nitrogens with zero attached hydrogens (tertiary/aromatic N) is 2. The molecular formula is C8H19ClN2O. The van der Waals surface area contributed by atoms with Crippen LogP contribution in [0.1, 0.15) is 0 Å². The third kappa shape index (κ3) is 6.85. The van der Waals surface area contributed by atoms with Gasteiger partial charge in [-0.1, -0.05) is 0 Å². The van der Waals surface area contributed by atoms with Gasteiger partial charge in [-0.25, -0.2) is 0 Å². The monoisotopic (exact) mass is 194 g/mol. The molecule has 74 valence electrons. The Bertz CT molecular complexity index is 111. The SMILES string of the molecule is CN(C)CCN(C)CC(O)CCl. The van der Waals surface area contributed by atoms with Crippen molar-refractivity contribution in [2.24, 2.45) is 0 Å². The van der Waals surface area contributed by atoms with Gasteiger partial charge >= 0.3 is 0 Å². The average molecular weight is 195 g/mol. The van der Waals surface area contributed by atoms with Gasteiger partial charge in [-0.3, -0.25) is 0 Å². The molecule has 1 atom stereocenters. The maximum absolute atomic E-state index is 9.21. The number of hydrogen-bond donors (Lipinski definition) is 1. The summed E-state index contributed by atoms with van der Waals surface area (Å²) < 4.78 is 0. The molecule has 4 heteroatoms. The normalized spacial score (nSPS) is 14.2. The molecule has 0 saturated carbocycles. The highest BCUT2D eigenvalue weighted by molar-refractivity contribution is 6.18. The number of alkyl halides is 1. The van der Waals surface area contributed by atoms with Gasteiger partial charge in [0.05, 0.1) is 6.10 Å². The molecule has 0 radical (unpaired) electrons. The van der Waals surface area contributed by atoms with Crippen LogP contribution in [0.25, 0.3) is 0 Å². The topological polar surface area (TPSA) is 26.7 Å². The smallest absolute Gasteiger partial charge is 0.0802 e. The lowest BCUT2D eigenvalue weighted by Crippen LogP contribution is -2.35. The van der Waals surface area contributed by atoms with E-state index in [-0.39, 0.29) is 0 Å². The number of rotatable bonds is 6. The van der Waals surface area contributed by atoms with E-state index in [0.29, 0.717) is 12.4 Å². The van der Waals surface area contributed by atoms with Gasteiger partial charge in [0.1, 0.15) is 0 Å². The summed E-state index contributed by atoms with van der Waals surface area (Å²) in [4.78, 5) is 4.19. The van der Waals surface area contributed by atoms with E-state index in [9.17, 15) is 5.11 Å². The van der Waals surface area contributed by atoms with E-state index in [2.05, 4.69) is 9.80 Å². The number of halogens is 1. The van der Waals surface area contributed by atoms with Crippen molar-refractivity contribution in [3.63, 3.8) is 0 Å². The summed E-state index contributed by atoms with van der Waals surface area (Å²) in [5.74, 6) is 0.312. The summed E-state index contributed by atoms with van der Waals surface area (Å²) in [5.41, 5.74) is 0. The van der Waals surface area contributed by atoms with Crippen LogP contribution in [-0.2, 0) is 0 Å². The van der Waals surface area contributed by atoms with E-state index in [4.69, 9.17) is 11.6 Å². The first-order valence-corrected chi connectivity index (χ1v) is 4.67. The molecule has 1 N–H and O–H groups in total. The van der Waals surface area contributed by atoms with Crippen molar-refractivity contribution in [2.45, 2.75) is 6.10 Å². The molecular weight excluding hydrogens is 176 g/mol. The predicted molar refractivity (Wildman–Crippen MR) is 52.8 cm³/mol. The van der Waals surface area contributed by atoms with Gasteiger partial charge in [-0.05, 0) is 21.1 Å². The van der Waals surface area contributed by atoms with Crippen molar-refractivity contribution in [2.75, 3.05) is 46.7 Å². The van der Waals surface area contributed by atoms with Crippen LogP contribution < -0.4 is 0 Å². The molecule has 0 rings (SSSR count). The lowest BCUT2D eigenvalue weighted by molar-refractivity contribution is 0.139. The highest BCUT2D eigenvalue weighted by atomic mass is 35.5. The fraction of sp³-hybridized carbons (Fsp3) is 1.00. The predicted octanol–water partition coefficient (Wildman–Crippen LogP) is 0.0795. The summed E-state index contributed by atoms with van der Waals surface area (Å²) in [6.07, 6.45) is -0.404. The van der Waals surface area contributed by atoms with E-state index in [1.807, 2.05) is 21.1 Å². The van der Waals surface area contributed by atoms with E-state index in [0.717, 1.165) is 13.1 Å². The quantitative estimate of drug-likeness (QED) is 0.607. The minimum absolute atomic E-state index is 0.312. The summed E-state index contributed by atoms with van der Waals surface area (Å²) in [5, 5.41) is 9.21. The minimum Gasteiger partial charge on any atom is -0.391 e. The first kappa shape index (κ1) is 12.2.